The molecule has 0 aromatic carbocycles. The van der Waals surface area contributed by atoms with Crippen LogP contribution in [0, 0.1) is 5.41 Å². The summed E-state index contributed by atoms with van der Waals surface area (Å²) in [6.07, 6.45) is 2.20. The highest BCUT2D eigenvalue weighted by Gasteiger charge is 2.45. The van der Waals surface area contributed by atoms with E-state index in [0.717, 1.165) is 6.42 Å². The smallest absolute Gasteiger partial charge is 0.317 e. The molecule has 1 aliphatic carbocycles. The van der Waals surface area contributed by atoms with Gasteiger partial charge in [0, 0.05) is 6.54 Å². The molecule has 0 bridgehead atoms. The Morgan fingerprint density at radius 1 is 1.14 bits per heavy atom. The highest BCUT2D eigenvalue weighted by molar-refractivity contribution is 5.79. The van der Waals surface area contributed by atoms with Gasteiger partial charge in [-0.15, -0.1) is 0 Å². The summed E-state index contributed by atoms with van der Waals surface area (Å²) >= 11 is 0. The fraction of sp³-hybridized carbons (Fsp3) is 0.867. The van der Waals surface area contributed by atoms with Crippen LogP contribution in [0.5, 0.6) is 0 Å². The van der Waals surface area contributed by atoms with Crippen LogP contribution < -0.4 is 5.32 Å². The van der Waals surface area contributed by atoms with Crippen LogP contribution in [-0.2, 0) is 9.53 Å². The number of aliphatic carboxylic acids is 1. The molecule has 6 nitrogen and oxygen atoms in total. The first-order chi connectivity index (χ1) is 9.55. The standard InChI is InChI=1S/C15H26N2O4/c1-13(2)9-17(10-14(3,4)21-13)12(20)16-8-15(11(18)19)6-5-7-15/h5-10H2,1-4H3,(H,16,20)(H,18,19). The van der Waals surface area contributed by atoms with Gasteiger partial charge in [0.15, 0.2) is 0 Å². The molecule has 2 N–H and O–H groups in total. The topological polar surface area (TPSA) is 78.9 Å². The Morgan fingerprint density at radius 3 is 2.05 bits per heavy atom. The molecule has 0 unspecified atom stereocenters. The van der Waals surface area contributed by atoms with E-state index in [0.29, 0.717) is 25.9 Å². The van der Waals surface area contributed by atoms with Crippen LogP contribution in [0.3, 0.4) is 0 Å². The van der Waals surface area contributed by atoms with Gasteiger partial charge in [0.1, 0.15) is 0 Å². The number of hydrogen-bond acceptors (Lipinski definition) is 3. The summed E-state index contributed by atoms with van der Waals surface area (Å²) in [5.41, 5.74) is -1.56. The number of carboxylic acids is 1. The molecule has 6 heteroatoms. The van der Waals surface area contributed by atoms with Gasteiger partial charge in [-0.1, -0.05) is 6.42 Å². The minimum Gasteiger partial charge on any atom is -0.481 e. The van der Waals surface area contributed by atoms with Crippen molar-refractivity contribution in [2.45, 2.75) is 58.2 Å². The first-order valence-electron chi connectivity index (χ1n) is 7.52. The molecule has 0 radical (unpaired) electrons. The van der Waals surface area contributed by atoms with E-state index in [2.05, 4.69) is 5.32 Å². The fourth-order valence-electron chi connectivity index (χ4n) is 3.36. The number of carbonyl (C=O) groups is 2. The maximum atomic E-state index is 12.3. The van der Waals surface area contributed by atoms with Gasteiger partial charge in [-0.05, 0) is 40.5 Å². The molecule has 1 heterocycles. The van der Waals surface area contributed by atoms with Crippen LogP contribution in [0.1, 0.15) is 47.0 Å². The Balaban J connectivity index is 1.95. The minimum atomic E-state index is -0.809. The van der Waals surface area contributed by atoms with Crippen molar-refractivity contribution >= 4 is 12.0 Å². The molecule has 0 aromatic heterocycles. The number of carbonyl (C=O) groups excluding carboxylic acids is 1. The van der Waals surface area contributed by atoms with Crippen molar-refractivity contribution in [3.8, 4) is 0 Å². The highest BCUT2D eigenvalue weighted by atomic mass is 16.5. The number of nitrogens with one attached hydrogen (secondary N) is 1. The van der Waals surface area contributed by atoms with Crippen molar-refractivity contribution in [2.24, 2.45) is 5.41 Å². The summed E-state index contributed by atoms with van der Waals surface area (Å²) in [7, 11) is 0. The number of ether oxygens (including phenoxy) is 1. The average Bonchev–Trinajstić information content (AvgIpc) is 2.22. The largest absolute Gasteiger partial charge is 0.481 e. The quantitative estimate of drug-likeness (QED) is 0.833. The average molecular weight is 298 g/mol. The number of nitrogens with zero attached hydrogens (tertiary/aromatic N) is 1. The van der Waals surface area contributed by atoms with E-state index < -0.39 is 22.6 Å². The molecular weight excluding hydrogens is 272 g/mol. The third kappa shape index (κ3) is 3.48. The third-order valence-corrected chi connectivity index (χ3v) is 4.33. The Hall–Kier alpha value is -1.30. The van der Waals surface area contributed by atoms with Gasteiger partial charge >= 0.3 is 12.0 Å². The van der Waals surface area contributed by atoms with E-state index >= 15 is 0 Å². The van der Waals surface area contributed by atoms with E-state index in [1.54, 1.807) is 4.90 Å². The molecule has 2 rings (SSSR count). The lowest BCUT2D eigenvalue weighted by Gasteiger charge is -2.47. The molecule has 2 fully saturated rings. The lowest BCUT2D eigenvalue weighted by molar-refractivity contribution is -0.170. The van der Waals surface area contributed by atoms with Gasteiger partial charge in [0.25, 0.3) is 0 Å². The van der Waals surface area contributed by atoms with Gasteiger partial charge in [-0.3, -0.25) is 4.79 Å². The molecule has 21 heavy (non-hydrogen) atoms. The fourth-order valence-corrected chi connectivity index (χ4v) is 3.36. The predicted octanol–water partition coefficient (Wildman–Crippen LogP) is 1.84. The summed E-state index contributed by atoms with van der Waals surface area (Å²) in [4.78, 5) is 25.4. The van der Waals surface area contributed by atoms with E-state index in [-0.39, 0.29) is 12.6 Å². The normalized spacial score (nSPS) is 25.8. The number of hydrogen-bond donors (Lipinski definition) is 2. The highest BCUT2D eigenvalue weighted by Crippen LogP contribution is 2.40. The monoisotopic (exact) mass is 298 g/mol. The second kappa shape index (κ2) is 5.16. The number of carboxylic acid groups (broad SMARTS) is 1. The van der Waals surface area contributed by atoms with Crippen molar-refractivity contribution in [1.82, 2.24) is 10.2 Å². The zero-order valence-corrected chi connectivity index (χ0v) is 13.4. The summed E-state index contributed by atoms with van der Waals surface area (Å²) in [5, 5.41) is 12.1. The Labute approximate surface area is 125 Å². The first kappa shape index (κ1) is 16.1. The van der Waals surface area contributed by atoms with Crippen LogP contribution >= 0.6 is 0 Å². The van der Waals surface area contributed by atoms with Crippen LogP contribution in [0.4, 0.5) is 4.79 Å². The second-order valence-corrected chi connectivity index (χ2v) is 7.58. The van der Waals surface area contributed by atoms with E-state index in [4.69, 9.17) is 4.74 Å². The molecule has 1 saturated heterocycles. The van der Waals surface area contributed by atoms with Crippen molar-refractivity contribution in [3.05, 3.63) is 0 Å². The first-order valence-corrected chi connectivity index (χ1v) is 7.52. The Kier molecular flexibility index (Phi) is 3.95. The molecule has 2 amide bonds. The van der Waals surface area contributed by atoms with Crippen molar-refractivity contribution < 1.29 is 19.4 Å². The summed E-state index contributed by atoms with van der Waals surface area (Å²) in [6, 6.07) is -0.202. The number of morpholine rings is 1. The maximum Gasteiger partial charge on any atom is 0.317 e. The van der Waals surface area contributed by atoms with Crippen molar-refractivity contribution in [3.63, 3.8) is 0 Å². The molecule has 120 valence electrons. The molecule has 0 aromatic rings. The minimum absolute atomic E-state index is 0.202. The van der Waals surface area contributed by atoms with E-state index in [1.807, 2.05) is 27.7 Å². The van der Waals surface area contributed by atoms with Gasteiger partial charge in [-0.25, -0.2) is 4.79 Å². The van der Waals surface area contributed by atoms with Gasteiger partial charge in [-0.2, -0.15) is 0 Å². The molecule has 1 aliphatic heterocycles. The van der Waals surface area contributed by atoms with Crippen LogP contribution in [-0.4, -0.2) is 52.8 Å². The molecule has 1 saturated carbocycles. The lowest BCUT2D eigenvalue weighted by atomic mass is 9.69. The third-order valence-electron chi connectivity index (χ3n) is 4.33. The molecule has 0 spiro atoms. The number of urea groups is 1. The summed E-state index contributed by atoms with van der Waals surface area (Å²) in [5.74, 6) is -0.809. The summed E-state index contributed by atoms with van der Waals surface area (Å²) < 4.78 is 5.94. The predicted molar refractivity (Wildman–Crippen MR) is 78.1 cm³/mol. The van der Waals surface area contributed by atoms with Gasteiger partial charge < -0.3 is 20.1 Å². The zero-order chi connectivity index (χ0) is 15.9. The Bertz CT molecular complexity index is 425. The number of amides is 2. The van der Waals surface area contributed by atoms with Crippen LogP contribution in [0.15, 0.2) is 0 Å². The Morgan fingerprint density at radius 2 is 1.67 bits per heavy atom. The molecule has 2 aliphatic rings. The second-order valence-electron chi connectivity index (χ2n) is 7.58. The van der Waals surface area contributed by atoms with E-state index in [9.17, 15) is 14.7 Å². The van der Waals surface area contributed by atoms with Gasteiger partial charge in [0.05, 0.1) is 29.7 Å². The van der Waals surface area contributed by atoms with E-state index in [1.165, 1.54) is 0 Å². The SMILES string of the molecule is CC1(C)CN(C(=O)NCC2(C(=O)O)CCC2)CC(C)(C)O1. The van der Waals surface area contributed by atoms with Gasteiger partial charge in [0.2, 0.25) is 0 Å². The lowest BCUT2D eigenvalue weighted by Crippen LogP contribution is -2.61. The van der Waals surface area contributed by atoms with Crippen molar-refractivity contribution in [1.29, 1.82) is 0 Å². The molecule has 0 atom stereocenters. The molecular formula is C15H26N2O4. The summed E-state index contributed by atoms with van der Waals surface area (Å²) in [6.45, 7) is 9.04. The van der Waals surface area contributed by atoms with Crippen LogP contribution in [0.25, 0.3) is 0 Å². The maximum absolute atomic E-state index is 12.3. The zero-order valence-electron chi connectivity index (χ0n) is 13.4. The number of rotatable bonds is 3. The van der Waals surface area contributed by atoms with Crippen LogP contribution in [0.2, 0.25) is 0 Å². The van der Waals surface area contributed by atoms with Crippen molar-refractivity contribution in [2.75, 3.05) is 19.6 Å².